The second-order valence-electron chi connectivity index (χ2n) is 6.53. The summed E-state index contributed by atoms with van der Waals surface area (Å²) in [7, 11) is 1.73. The molecule has 134 valence electrons. The molecule has 3 unspecified atom stereocenters. The van der Waals surface area contributed by atoms with E-state index in [4.69, 9.17) is 4.74 Å². The van der Waals surface area contributed by atoms with E-state index in [1.807, 2.05) is 12.1 Å². The number of halogens is 1. The zero-order valence-corrected chi connectivity index (χ0v) is 17.1. The average Bonchev–Trinajstić information content (AvgIpc) is 3.06. The Hall–Kier alpha value is -1.18. The third-order valence-electron chi connectivity index (χ3n) is 4.70. The molecule has 2 N–H and O–H groups in total. The summed E-state index contributed by atoms with van der Waals surface area (Å²) in [5.74, 6) is 2.68. The fourth-order valence-electron chi connectivity index (χ4n) is 3.17. The highest BCUT2D eigenvalue weighted by Gasteiger charge is 2.34. The largest absolute Gasteiger partial charge is 0.495 e. The van der Waals surface area contributed by atoms with Gasteiger partial charge >= 0.3 is 0 Å². The number of rotatable bonds is 5. The molecule has 0 spiro atoms. The van der Waals surface area contributed by atoms with Crippen molar-refractivity contribution in [1.29, 1.82) is 0 Å². The highest BCUT2D eigenvalue weighted by molar-refractivity contribution is 14.0. The molecule has 3 atom stereocenters. The molecule has 1 aromatic carbocycles. The lowest BCUT2D eigenvalue weighted by Gasteiger charge is -2.22. The predicted molar refractivity (Wildman–Crippen MR) is 111 cm³/mol. The van der Waals surface area contributed by atoms with Crippen LogP contribution in [0.3, 0.4) is 0 Å². The number of methoxy groups -OCH3 is 1. The Morgan fingerprint density at radius 3 is 2.75 bits per heavy atom. The number of ether oxygens (including phenoxy) is 1. The number of nitrogens with zero attached hydrogens (tertiary/aromatic N) is 2. The minimum atomic E-state index is 0. The third kappa shape index (κ3) is 4.68. The Morgan fingerprint density at radius 2 is 2.08 bits per heavy atom. The van der Waals surface area contributed by atoms with Crippen molar-refractivity contribution >= 4 is 35.6 Å². The summed E-state index contributed by atoms with van der Waals surface area (Å²) >= 11 is 0. The van der Waals surface area contributed by atoms with Crippen molar-refractivity contribution in [2.45, 2.75) is 38.8 Å². The molecule has 1 aromatic rings. The molecular formula is C18H29IN4O. The maximum atomic E-state index is 5.49. The number of para-hydroxylation sites is 2. The quantitative estimate of drug-likeness (QED) is 0.417. The first-order chi connectivity index (χ1) is 11.2. The number of aliphatic imine (C=N–C) groups is 1. The van der Waals surface area contributed by atoms with E-state index in [0.717, 1.165) is 43.7 Å². The van der Waals surface area contributed by atoms with Crippen molar-refractivity contribution in [2.75, 3.05) is 31.6 Å². The van der Waals surface area contributed by atoms with E-state index in [2.05, 4.69) is 46.5 Å². The highest BCUT2D eigenvalue weighted by atomic mass is 127. The molecule has 0 bridgehead atoms. The van der Waals surface area contributed by atoms with Gasteiger partial charge in [-0.25, -0.2) is 0 Å². The Kier molecular flexibility index (Phi) is 7.01. The third-order valence-corrected chi connectivity index (χ3v) is 4.70. The van der Waals surface area contributed by atoms with Crippen molar-refractivity contribution in [3.8, 4) is 5.75 Å². The molecule has 2 aliphatic rings. The summed E-state index contributed by atoms with van der Waals surface area (Å²) in [5, 5.41) is 7.14. The fourth-order valence-corrected chi connectivity index (χ4v) is 3.17. The normalized spacial score (nSPS) is 25.9. The maximum Gasteiger partial charge on any atom is 0.191 e. The van der Waals surface area contributed by atoms with Gasteiger partial charge in [0.2, 0.25) is 0 Å². The Morgan fingerprint density at radius 1 is 1.33 bits per heavy atom. The van der Waals surface area contributed by atoms with Gasteiger partial charge in [-0.2, -0.15) is 0 Å². The van der Waals surface area contributed by atoms with E-state index in [-0.39, 0.29) is 24.0 Å². The summed E-state index contributed by atoms with van der Waals surface area (Å²) in [6, 6.07) is 9.26. The van der Waals surface area contributed by atoms with Crippen LogP contribution in [-0.4, -0.2) is 44.8 Å². The molecular weight excluding hydrogens is 415 g/mol. The topological polar surface area (TPSA) is 48.9 Å². The number of benzene rings is 1. The zero-order valence-electron chi connectivity index (χ0n) is 14.8. The van der Waals surface area contributed by atoms with Gasteiger partial charge in [-0.1, -0.05) is 19.1 Å². The Labute approximate surface area is 162 Å². The van der Waals surface area contributed by atoms with Gasteiger partial charge in [0, 0.05) is 31.7 Å². The summed E-state index contributed by atoms with van der Waals surface area (Å²) in [6.07, 6.45) is 2.37. The van der Waals surface area contributed by atoms with Gasteiger partial charge in [0.05, 0.1) is 12.8 Å². The molecule has 1 aliphatic heterocycles. The minimum absolute atomic E-state index is 0. The highest BCUT2D eigenvalue weighted by Crippen LogP contribution is 2.31. The molecule has 1 saturated carbocycles. The van der Waals surface area contributed by atoms with Crippen LogP contribution in [-0.2, 0) is 0 Å². The molecule has 24 heavy (non-hydrogen) atoms. The Balaban J connectivity index is 0.00000208. The van der Waals surface area contributed by atoms with Crippen molar-refractivity contribution < 1.29 is 4.74 Å². The van der Waals surface area contributed by atoms with E-state index < -0.39 is 0 Å². The first-order valence-electron chi connectivity index (χ1n) is 8.66. The Bertz CT molecular complexity index is 566. The lowest BCUT2D eigenvalue weighted by Crippen LogP contribution is -2.45. The standard InChI is InChI=1S/C18H28N4O.HI/c1-4-19-18(21-15-11-13(15)2)20-14-9-10-22(12-14)16-7-5-6-8-17(16)23-3;/h5-8,13-15H,4,9-12H2,1-3H3,(H2,19,20,21);1H. The SMILES string of the molecule is CCN=C(NC1CCN(c2ccccc2OC)C1)NC1CC1C.I. The number of anilines is 1. The van der Waals surface area contributed by atoms with Crippen molar-refractivity contribution in [3.05, 3.63) is 24.3 Å². The van der Waals surface area contributed by atoms with E-state index in [0.29, 0.717) is 12.1 Å². The second-order valence-corrected chi connectivity index (χ2v) is 6.53. The minimum Gasteiger partial charge on any atom is -0.495 e. The molecule has 1 heterocycles. The van der Waals surface area contributed by atoms with Gasteiger partial charge in [-0.3, -0.25) is 4.99 Å². The van der Waals surface area contributed by atoms with Crippen LogP contribution in [0.15, 0.2) is 29.3 Å². The van der Waals surface area contributed by atoms with Crippen LogP contribution in [0.4, 0.5) is 5.69 Å². The van der Waals surface area contributed by atoms with E-state index in [9.17, 15) is 0 Å². The molecule has 6 heteroatoms. The van der Waals surface area contributed by atoms with Crippen molar-refractivity contribution in [3.63, 3.8) is 0 Å². The van der Waals surface area contributed by atoms with Crippen molar-refractivity contribution in [2.24, 2.45) is 10.9 Å². The number of hydrogen-bond acceptors (Lipinski definition) is 3. The summed E-state index contributed by atoms with van der Waals surface area (Å²) in [5.41, 5.74) is 1.18. The van der Waals surface area contributed by atoms with Crippen LogP contribution in [0.25, 0.3) is 0 Å². The van der Waals surface area contributed by atoms with E-state index in [1.165, 1.54) is 12.1 Å². The van der Waals surface area contributed by atoms with Crippen LogP contribution >= 0.6 is 24.0 Å². The second kappa shape index (κ2) is 8.78. The van der Waals surface area contributed by atoms with Gasteiger partial charge in [0.1, 0.15) is 5.75 Å². The molecule has 2 fully saturated rings. The van der Waals surface area contributed by atoms with Gasteiger partial charge in [-0.15, -0.1) is 24.0 Å². The first-order valence-corrected chi connectivity index (χ1v) is 8.66. The molecule has 5 nitrogen and oxygen atoms in total. The lowest BCUT2D eigenvalue weighted by atomic mass is 10.2. The smallest absolute Gasteiger partial charge is 0.191 e. The number of hydrogen-bond donors (Lipinski definition) is 2. The average molecular weight is 444 g/mol. The fraction of sp³-hybridized carbons (Fsp3) is 0.611. The molecule has 0 radical (unpaired) electrons. The number of guanidine groups is 1. The predicted octanol–water partition coefficient (Wildman–Crippen LogP) is 2.86. The lowest BCUT2D eigenvalue weighted by molar-refractivity contribution is 0.415. The summed E-state index contributed by atoms with van der Waals surface area (Å²) in [4.78, 5) is 6.97. The van der Waals surface area contributed by atoms with E-state index in [1.54, 1.807) is 7.11 Å². The first kappa shape index (κ1) is 19.1. The maximum absolute atomic E-state index is 5.49. The summed E-state index contributed by atoms with van der Waals surface area (Å²) < 4.78 is 5.49. The zero-order chi connectivity index (χ0) is 16.2. The van der Waals surface area contributed by atoms with Crippen LogP contribution in [0.2, 0.25) is 0 Å². The van der Waals surface area contributed by atoms with E-state index >= 15 is 0 Å². The molecule has 1 aliphatic carbocycles. The van der Waals surface area contributed by atoms with Gasteiger partial charge < -0.3 is 20.3 Å². The van der Waals surface area contributed by atoms with Crippen molar-refractivity contribution in [1.82, 2.24) is 10.6 Å². The summed E-state index contributed by atoms with van der Waals surface area (Å²) in [6.45, 7) is 7.18. The van der Waals surface area contributed by atoms with Crippen LogP contribution < -0.4 is 20.3 Å². The van der Waals surface area contributed by atoms with Gasteiger partial charge in [-0.05, 0) is 37.8 Å². The molecule has 0 aromatic heterocycles. The van der Waals surface area contributed by atoms with Gasteiger partial charge in [0.15, 0.2) is 5.96 Å². The van der Waals surface area contributed by atoms with Crippen LogP contribution in [0.5, 0.6) is 5.75 Å². The van der Waals surface area contributed by atoms with Gasteiger partial charge in [0.25, 0.3) is 0 Å². The van der Waals surface area contributed by atoms with Crippen LogP contribution in [0.1, 0.15) is 26.7 Å². The van der Waals surface area contributed by atoms with Crippen LogP contribution in [0, 0.1) is 5.92 Å². The molecule has 0 amide bonds. The number of nitrogens with one attached hydrogen (secondary N) is 2. The molecule has 1 saturated heterocycles. The molecule has 3 rings (SSSR count). The monoisotopic (exact) mass is 444 g/mol.